The molecule has 1 aromatic rings. The van der Waals surface area contributed by atoms with E-state index >= 15 is 0 Å². The number of rotatable bonds is 4. The van der Waals surface area contributed by atoms with Crippen molar-refractivity contribution in [3.63, 3.8) is 0 Å². The molecule has 1 aromatic carbocycles. The van der Waals surface area contributed by atoms with Crippen molar-refractivity contribution in [2.24, 2.45) is 11.5 Å². The Labute approximate surface area is 105 Å². The van der Waals surface area contributed by atoms with Crippen LogP contribution in [-0.4, -0.2) is 18.1 Å². The minimum Gasteiger partial charge on any atom is -0.491 e. The van der Waals surface area contributed by atoms with E-state index in [-0.39, 0.29) is 11.1 Å². The first-order chi connectivity index (χ1) is 8.50. The number of hydrogen-bond donors (Lipinski definition) is 2. The highest BCUT2D eigenvalue weighted by molar-refractivity contribution is 5.95. The van der Waals surface area contributed by atoms with Crippen LogP contribution in [0.2, 0.25) is 0 Å². The second-order valence-corrected chi connectivity index (χ2v) is 4.86. The van der Waals surface area contributed by atoms with Gasteiger partial charge in [-0.2, -0.15) is 0 Å². The minimum atomic E-state index is -0.706. The Kier molecular flexibility index (Phi) is 3.52. The highest BCUT2D eigenvalue weighted by Gasteiger charge is 2.30. The molecule has 1 aliphatic carbocycles. The summed E-state index contributed by atoms with van der Waals surface area (Å²) >= 11 is 0. The maximum Gasteiger partial charge on any atom is 0.252 e. The van der Waals surface area contributed by atoms with Gasteiger partial charge in [0.1, 0.15) is 18.2 Å². The lowest BCUT2D eigenvalue weighted by Crippen LogP contribution is -2.42. The van der Waals surface area contributed by atoms with Gasteiger partial charge in [0.05, 0.1) is 11.1 Å². The van der Waals surface area contributed by atoms with E-state index in [4.69, 9.17) is 16.2 Å². The summed E-state index contributed by atoms with van der Waals surface area (Å²) in [6.07, 6.45) is 3.98. The van der Waals surface area contributed by atoms with Crippen molar-refractivity contribution < 1.29 is 13.9 Å². The molecular formula is C13H17FN2O2. The second kappa shape index (κ2) is 4.94. The van der Waals surface area contributed by atoms with Crippen LogP contribution >= 0.6 is 0 Å². The van der Waals surface area contributed by atoms with Gasteiger partial charge in [-0.25, -0.2) is 4.39 Å². The van der Waals surface area contributed by atoms with Crippen molar-refractivity contribution in [2.45, 2.75) is 31.2 Å². The summed E-state index contributed by atoms with van der Waals surface area (Å²) in [4.78, 5) is 11.2. The van der Waals surface area contributed by atoms with Gasteiger partial charge in [-0.1, -0.05) is 12.8 Å². The Morgan fingerprint density at radius 3 is 2.67 bits per heavy atom. The van der Waals surface area contributed by atoms with E-state index in [0.29, 0.717) is 12.4 Å². The van der Waals surface area contributed by atoms with Gasteiger partial charge >= 0.3 is 0 Å². The molecule has 98 valence electrons. The van der Waals surface area contributed by atoms with Crippen LogP contribution in [0.1, 0.15) is 36.0 Å². The molecule has 1 aliphatic rings. The fourth-order valence-corrected chi connectivity index (χ4v) is 2.27. The first-order valence-corrected chi connectivity index (χ1v) is 6.01. The fourth-order valence-electron chi connectivity index (χ4n) is 2.27. The Balaban J connectivity index is 2.11. The van der Waals surface area contributed by atoms with Crippen molar-refractivity contribution in [1.29, 1.82) is 0 Å². The molecule has 18 heavy (non-hydrogen) atoms. The highest BCUT2D eigenvalue weighted by atomic mass is 19.1. The molecule has 0 saturated heterocycles. The quantitative estimate of drug-likeness (QED) is 0.853. The minimum absolute atomic E-state index is 0.0524. The predicted octanol–water partition coefficient (Wildman–Crippen LogP) is 1.57. The monoisotopic (exact) mass is 252 g/mol. The number of amides is 1. The molecule has 2 rings (SSSR count). The summed E-state index contributed by atoms with van der Waals surface area (Å²) < 4.78 is 18.6. The molecule has 0 bridgehead atoms. The molecule has 1 saturated carbocycles. The van der Waals surface area contributed by atoms with Gasteiger partial charge in [0.2, 0.25) is 0 Å². The molecule has 0 spiro atoms. The Bertz CT molecular complexity index is 456. The number of nitrogens with two attached hydrogens (primary N) is 2. The zero-order chi connectivity index (χ0) is 13.2. The van der Waals surface area contributed by atoms with Crippen molar-refractivity contribution in [1.82, 2.24) is 0 Å². The van der Waals surface area contributed by atoms with Gasteiger partial charge in [0.15, 0.2) is 0 Å². The van der Waals surface area contributed by atoms with Crippen LogP contribution in [0.25, 0.3) is 0 Å². The Morgan fingerprint density at radius 2 is 2.06 bits per heavy atom. The van der Waals surface area contributed by atoms with Gasteiger partial charge in [-0.3, -0.25) is 4.79 Å². The second-order valence-electron chi connectivity index (χ2n) is 4.86. The van der Waals surface area contributed by atoms with Crippen molar-refractivity contribution in [2.75, 3.05) is 6.61 Å². The lowest BCUT2D eigenvalue weighted by Gasteiger charge is -2.24. The SMILES string of the molecule is NC(=O)c1cc(F)ccc1OCC1(N)CCCC1. The third kappa shape index (κ3) is 2.79. The molecule has 0 aliphatic heterocycles. The number of ether oxygens (including phenoxy) is 1. The van der Waals surface area contributed by atoms with Crippen LogP contribution in [-0.2, 0) is 0 Å². The smallest absolute Gasteiger partial charge is 0.252 e. The summed E-state index contributed by atoms with van der Waals surface area (Å²) in [6, 6.07) is 3.73. The molecule has 4 nitrogen and oxygen atoms in total. The van der Waals surface area contributed by atoms with E-state index in [2.05, 4.69) is 0 Å². The van der Waals surface area contributed by atoms with E-state index in [1.54, 1.807) is 0 Å². The number of primary amides is 1. The molecule has 0 unspecified atom stereocenters. The summed E-state index contributed by atoms with van der Waals surface area (Å²) in [5.41, 5.74) is 11.0. The van der Waals surface area contributed by atoms with Crippen LogP contribution in [0.4, 0.5) is 4.39 Å². The van der Waals surface area contributed by atoms with Crippen molar-refractivity contribution >= 4 is 5.91 Å². The normalized spacial score (nSPS) is 17.7. The lowest BCUT2D eigenvalue weighted by molar-refractivity contribution is 0.0994. The first-order valence-electron chi connectivity index (χ1n) is 6.01. The standard InChI is InChI=1S/C13H17FN2O2/c14-9-3-4-11(10(7-9)12(15)17)18-8-13(16)5-1-2-6-13/h3-4,7H,1-2,5-6,8,16H2,(H2,15,17). The van der Waals surface area contributed by atoms with Crippen molar-refractivity contribution in [3.8, 4) is 5.75 Å². The van der Waals surface area contributed by atoms with E-state index in [9.17, 15) is 9.18 Å². The topological polar surface area (TPSA) is 78.3 Å². The average molecular weight is 252 g/mol. The van der Waals surface area contributed by atoms with Crippen LogP contribution in [0, 0.1) is 5.82 Å². The van der Waals surface area contributed by atoms with E-state index in [0.717, 1.165) is 31.7 Å². The maximum atomic E-state index is 13.0. The predicted molar refractivity (Wildman–Crippen MR) is 65.8 cm³/mol. The molecule has 0 heterocycles. The maximum absolute atomic E-state index is 13.0. The van der Waals surface area contributed by atoms with Gasteiger partial charge in [0, 0.05) is 0 Å². The van der Waals surface area contributed by atoms with Gasteiger partial charge < -0.3 is 16.2 Å². The van der Waals surface area contributed by atoms with Crippen LogP contribution in [0.5, 0.6) is 5.75 Å². The van der Waals surface area contributed by atoms with Crippen LogP contribution in [0.15, 0.2) is 18.2 Å². The van der Waals surface area contributed by atoms with Gasteiger partial charge in [-0.15, -0.1) is 0 Å². The summed E-state index contributed by atoms with van der Waals surface area (Å²) in [6.45, 7) is 0.318. The fraction of sp³-hybridized carbons (Fsp3) is 0.462. The molecular weight excluding hydrogens is 235 g/mol. The molecule has 5 heteroatoms. The number of carbonyl (C=O) groups is 1. The van der Waals surface area contributed by atoms with E-state index in [1.165, 1.54) is 12.1 Å². The molecule has 0 radical (unpaired) electrons. The molecule has 1 fully saturated rings. The summed E-state index contributed by atoms with van der Waals surface area (Å²) in [7, 11) is 0. The van der Waals surface area contributed by atoms with E-state index < -0.39 is 11.7 Å². The molecule has 1 amide bonds. The third-order valence-electron chi connectivity index (χ3n) is 3.32. The average Bonchev–Trinajstić information content (AvgIpc) is 2.75. The molecule has 0 atom stereocenters. The van der Waals surface area contributed by atoms with E-state index in [1.807, 2.05) is 0 Å². The van der Waals surface area contributed by atoms with Crippen molar-refractivity contribution in [3.05, 3.63) is 29.6 Å². The third-order valence-corrected chi connectivity index (χ3v) is 3.32. The Hall–Kier alpha value is -1.62. The van der Waals surface area contributed by atoms with Gasteiger partial charge in [-0.05, 0) is 31.0 Å². The first kappa shape index (κ1) is 12.8. The molecule has 0 aromatic heterocycles. The number of hydrogen-bond acceptors (Lipinski definition) is 3. The number of benzene rings is 1. The molecule has 4 N–H and O–H groups in total. The van der Waals surface area contributed by atoms with Gasteiger partial charge in [0.25, 0.3) is 5.91 Å². The Morgan fingerprint density at radius 1 is 1.39 bits per heavy atom. The lowest BCUT2D eigenvalue weighted by atomic mass is 10.0. The largest absolute Gasteiger partial charge is 0.491 e. The summed E-state index contributed by atoms with van der Waals surface area (Å²) in [5, 5.41) is 0. The van der Waals surface area contributed by atoms with Crippen LogP contribution < -0.4 is 16.2 Å². The van der Waals surface area contributed by atoms with Crippen LogP contribution in [0.3, 0.4) is 0 Å². The number of carbonyl (C=O) groups excluding carboxylic acids is 1. The highest BCUT2D eigenvalue weighted by Crippen LogP contribution is 2.29. The zero-order valence-electron chi connectivity index (χ0n) is 10.1. The number of halogens is 1. The zero-order valence-corrected chi connectivity index (χ0v) is 10.1. The summed E-state index contributed by atoms with van der Waals surface area (Å²) in [5.74, 6) is -0.929.